The highest BCUT2D eigenvalue weighted by Gasteiger charge is 2.18. The first-order valence-electron chi connectivity index (χ1n) is 8.60. The van der Waals surface area contributed by atoms with Gasteiger partial charge in [-0.2, -0.15) is 5.10 Å². The molecule has 1 N–H and O–H groups in total. The summed E-state index contributed by atoms with van der Waals surface area (Å²) in [5.41, 5.74) is 2.82. The third-order valence-electron chi connectivity index (χ3n) is 4.24. The minimum Gasteiger partial charge on any atom is -0.497 e. The number of nitrogens with one attached hydrogen (secondary N) is 1. The lowest BCUT2D eigenvalue weighted by molar-refractivity contribution is -0.119. The lowest BCUT2D eigenvalue weighted by atomic mass is 10.1. The molecule has 3 rings (SSSR count). The molecule has 27 heavy (non-hydrogen) atoms. The molecule has 6 heteroatoms. The van der Waals surface area contributed by atoms with Gasteiger partial charge in [0.25, 0.3) is 5.56 Å². The van der Waals surface area contributed by atoms with Gasteiger partial charge in [0.05, 0.1) is 12.8 Å². The van der Waals surface area contributed by atoms with Crippen LogP contribution in [-0.4, -0.2) is 22.8 Å². The molecular formula is C21H21N3O3. The van der Waals surface area contributed by atoms with E-state index in [-0.39, 0.29) is 11.5 Å². The van der Waals surface area contributed by atoms with Gasteiger partial charge in [-0.15, -0.1) is 0 Å². The molecule has 0 aliphatic rings. The molecular weight excluding hydrogens is 342 g/mol. The van der Waals surface area contributed by atoms with Crippen LogP contribution >= 0.6 is 0 Å². The van der Waals surface area contributed by atoms with Crippen molar-refractivity contribution in [2.45, 2.75) is 19.9 Å². The van der Waals surface area contributed by atoms with Gasteiger partial charge in [-0.3, -0.25) is 9.59 Å². The number of rotatable bonds is 5. The van der Waals surface area contributed by atoms with Gasteiger partial charge in [0, 0.05) is 17.3 Å². The standard InChI is InChI=1S/C21H21N3O3/c1-14-5-4-6-17(13-14)22-21(26)15(2)24-20(25)12-11-19(23-24)16-7-9-18(27-3)10-8-16/h4-13,15H,1-3H3,(H,22,26). The van der Waals surface area contributed by atoms with Crippen LogP contribution in [0.3, 0.4) is 0 Å². The van der Waals surface area contributed by atoms with E-state index in [0.717, 1.165) is 16.9 Å². The summed E-state index contributed by atoms with van der Waals surface area (Å²) < 4.78 is 6.35. The molecule has 0 fully saturated rings. The number of anilines is 1. The van der Waals surface area contributed by atoms with Gasteiger partial charge in [-0.05, 0) is 61.9 Å². The molecule has 138 valence electrons. The molecule has 1 heterocycles. The summed E-state index contributed by atoms with van der Waals surface area (Å²) in [6, 6.07) is 17.1. The van der Waals surface area contributed by atoms with Crippen molar-refractivity contribution in [1.29, 1.82) is 0 Å². The second-order valence-corrected chi connectivity index (χ2v) is 6.26. The lowest BCUT2D eigenvalue weighted by Gasteiger charge is -2.15. The Morgan fingerprint density at radius 1 is 1.11 bits per heavy atom. The van der Waals surface area contributed by atoms with Crippen LogP contribution < -0.4 is 15.6 Å². The first kappa shape index (κ1) is 18.4. The van der Waals surface area contributed by atoms with Crippen molar-refractivity contribution in [1.82, 2.24) is 9.78 Å². The van der Waals surface area contributed by atoms with E-state index in [1.54, 1.807) is 20.1 Å². The van der Waals surface area contributed by atoms with E-state index in [4.69, 9.17) is 4.74 Å². The van der Waals surface area contributed by atoms with E-state index in [1.165, 1.54) is 10.7 Å². The molecule has 0 saturated carbocycles. The highest BCUT2D eigenvalue weighted by Crippen LogP contribution is 2.20. The Morgan fingerprint density at radius 2 is 1.85 bits per heavy atom. The molecule has 6 nitrogen and oxygen atoms in total. The van der Waals surface area contributed by atoms with E-state index in [9.17, 15) is 9.59 Å². The van der Waals surface area contributed by atoms with Crippen LogP contribution in [0.1, 0.15) is 18.5 Å². The largest absolute Gasteiger partial charge is 0.497 e. The average molecular weight is 363 g/mol. The zero-order chi connectivity index (χ0) is 19.4. The maximum atomic E-state index is 12.6. The summed E-state index contributed by atoms with van der Waals surface area (Å²) in [5.74, 6) is 0.431. The van der Waals surface area contributed by atoms with Crippen molar-refractivity contribution in [3.8, 4) is 17.0 Å². The van der Waals surface area contributed by atoms with Crippen LogP contribution in [-0.2, 0) is 4.79 Å². The van der Waals surface area contributed by atoms with Crippen LogP contribution in [0, 0.1) is 6.92 Å². The molecule has 1 amide bonds. The first-order valence-corrected chi connectivity index (χ1v) is 8.60. The number of aryl methyl sites for hydroxylation is 1. The number of methoxy groups -OCH3 is 1. The van der Waals surface area contributed by atoms with Crippen LogP contribution in [0.25, 0.3) is 11.3 Å². The molecule has 0 spiro atoms. The van der Waals surface area contributed by atoms with E-state index < -0.39 is 6.04 Å². The lowest BCUT2D eigenvalue weighted by Crippen LogP contribution is -2.33. The number of aromatic nitrogens is 2. The van der Waals surface area contributed by atoms with Crippen molar-refractivity contribution in [3.05, 3.63) is 76.6 Å². The minimum atomic E-state index is -0.754. The Bertz CT molecular complexity index is 1010. The third kappa shape index (κ3) is 4.23. The topological polar surface area (TPSA) is 73.2 Å². The molecule has 0 saturated heterocycles. The second-order valence-electron chi connectivity index (χ2n) is 6.26. The van der Waals surface area contributed by atoms with Gasteiger partial charge in [-0.25, -0.2) is 4.68 Å². The number of amides is 1. The Kier molecular flexibility index (Phi) is 5.35. The van der Waals surface area contributed by atoms with Crippen LogP contribution in [0.4, 0.5) is 5.69 Å². The van der Waals surface area contributed by atoms with Crippen molar-refractivity contribution in [2.24, 2.45) is 0 Å². The van der Waals surface area contributed by atoms with Crippen molar-refractivity contribution in [3.63, 3.8) is 0 Å². The molecule has 3 aromatic rings. The van der Waals surface area contributed by atoms with Gasteiger partial charge in [0.15, 0.2) is 0 Å². The highest BCUT2D eigenvalue weighted by atomic mass is 16.5. The number of carbonyl (C=O) groups is 1. The number of hydrogen-bond acceptors (Lipinski definition) is 4. The number of nitrogens with zero attached hydrogens (tertiary/aromatic N) is 2. The fourth-order valence-corrected chi connectivity index (χ4v) is 2.70. The Morgan fingerprint density at radius 3 is 2.52 bits per heavy atom. The molecule has 1 atom stereocenters. The van der Waals surface area contributed by atoms with Crippen LogP contribution in [0.15, 0.2) is 65.5 Å². The average Bonchev–Trinajstić information content (AvgIpc) is 2.68. The Labute approximate surface area is 157 Å². The normalized spacial score (nSPS) is 11.7. The summed E-state index contributed by atoms with van der Waals surface area (Å²) in [4.78, 5) is 24.8. The van der Waals surface area contributed by atoms with Gasteiger partial charge >= 0.3 is 0 Å². The molecule has 1 aromatic heterocycles. The van der Waals surface area contributed by atoms with Gasteiger partial charge in [0.2, 0.25) is 5.91 Å². The monoisotopic (exact) mass is 363 g/mol. The van der Waals surface area contributed by atoms with E-state index in [1.807, 2.05) is 55.5 Å². The SMILES string of the molecule is COc1ccc(-c2ccc(=O)n(C(C)C(=O)Nc3cccc(C)c3)n2)cc1. The van der Waals surface area contributed by atoms with Gasteiger partial charge in [-0.1, -0.05) is 12.1 Å². The molecule has 0 aliphatic carbocycles. The summed E-state index contributed by atoms with van der Waals surface area (Å²) in [6.45, 7) is 3.60. The maximum Gasteiger partial charge on any atom is 0.267 e. The summed E-state index contributed by atoms with van der Waals surface area (Å²) in [5, 5.41) is 7.21. The minimum absolute atomic E-state index is 0.304. The molecule has 1 unspecified atom stereocenters. The third-order valence-corrected chi connectivity index (χ3v) is 4.24. The predicted octanol–water partition coefficient (Wildman–Crippen LogP) is 3.43. The van der Waals surface area contributed by atoms with E-state index in [2.05, 4.69) is 10.4 Å². The second kappa shape index (κ2) is 7.86. The summed E-state index contributed by atoms with van der Waals surface area (Å²) in [6.07, 6.45) is 0. The Balaban J connectivity index is 1.86. The number of carbonyl (C=O) groups excluding carboxylic acids is 1. The maximum absolute atomic E-state index is 12.6. The summed E-state index contributed by atoms with van der Waals surface area (Å²) >= 11 is 0. The van der Waals surface area contributed by atoms with Gasteiger partial charge < -0.3 is 10.1 Å². The fourth-order valence-electron chi connectivity index (χ4n) is 2.70. The van der Waals surface area contributed by atoms with Gasteiger partial charge in [0.1, 0.15) is 11.8 Å². The first-order chi connectivity index (χ1) is 13.0. The number of hydrogen-bond donors (Lipinski definition) is 1. The highest BCUT2D eigenvalue weighted by molar-refractivity contribution is 5.93. The number of benzene rings is 2. The quantitative estimate of drug-likeness (QED) is 0.754. The number of ether oxygens (including phenoxy) is 1. The molecule has 2 aromatic carbocycles. The van der Waals surface area contributed by atoms with Crippen molar-refractivity contribution >= 4 is 11.6 Å². The Hall–Kier alpha value is -3.41. The van der Waals surface area contributed by atoms with Crippen molar-refractivity contribution in [2.75, 3.05) is 12.4 Å². The zero-order valence-corrected chi connectivity index (χ0v) is 15.5. The molecule has 0 bridgehead atoms. The molecule has 0 radical (unpaired) electrons. The van der Waals surface area contributed by atoms with Crippen LogP contribution in [0.2, 0.25) is 0 Å². The predicted molar refractivity (Wildman–Crippen MR) is 105 cm³/mol. The summed E-state index contributed by atoms with van der Waals surface area (Å²) in [7, 11) is 1.60. The van der Waals surface area contributed by atoms with Crippen molar-refractivity contribution < 1.29 is 9.53 Å². The zero-order valence-electron chi connectivity index (χ0n) is 15.5. The molecule has 0 aliphatic heterocycles. The van der Waals surface area contributed by atoms with E-state index in [0.29, 0.717) is 11.4 Å². The van der Waals surface area contributed by atoms with Crippen LogP contribution in [0.5, 0.6) is 5.75 Å². The smallest absolute Gasteiger partial charge is 0.267 e. The fraction of sp³-hybridized carbons (Fsp3) is 0.190. The van der Waals surface area contributed by atoms with E-state index >= 15 is 0 Å².